The van der Waals surface area contributed by atoms with Gasteiger partial charge in [0, 0.05) is 116 Å². The SMILES string of the molecule is C#Cc1cccc2cc(O)cc(-c3c(C=C)cc4c(N5CC6CCC(C5)N6)nc(OCC5(CN6CCC7(CC6)CC(CN6CCN(c8ccc9c(c8)CN([C@H]8CCC(=O)NC8=O)C9=O)CC6)C7)CC5)nc4c3F)c12. The number of carbonyl (C=O) groups excluding carboxylic acids is 3. The second-order valence-electron chi connectivity index (χ2n) is 23.0. The number of aromatic hydroxyl groups is 1. The van der Waals surface area contributed by atoms with Gasteiger partial charge < -0.3 is 34.8 Å². The number of likely N-dealkylation sites (tertiary alicyclic amines) is 1. The number of phenolic OH excluding ortho intramolecular Hbond substituents is 1. The van der Waals surface area contributed by atoms with Crippen molar-refractivity contribution in [2.75, 3.05) is 81.9 Å². The summed E-state index contributed by atoms with van der Waals surface area (Å²) in [5, 5.41) is 19.0. The number of piperazine rings is 2. The molecule has 1 aromatic heterocycles. The van der Waals surface area contributed by atoms with Crippen LogP contribution >= 0.6 is 0 Å². The molecule has 3 N–H and O–H groups in total. The average molecular weight is 998 g/mol. The van der Waals surface area contributed by atoms with E-state index in [4.69, 9.17) is 21.1 Å². The zero-order valence-electron chi connectivity index (χ0n) is 42.0. The number of hydrogen-bond acceptors (Lipinski definition) is 12. The predicted octanol–water partition coefficient (Wildman–Crippen LogP) is 7.09. The molecule has 4 aromatic carbocycles. The van der Waals surface area contributed by atoms with Crippen molar-refractivity contribution in [2.24, 2.45) is 16.7 Å². The number of benzene rings is 4. The summed E-state index contributed by atoms with van der Waals surface area (Å²) in [6.07, 6.45) is 17.6. The number of nitrogens with one attached hydrogen (secondary N) is 2. The summed E-state index contributed by atoms with van der Waals surface area (Å²) in [5.41, 5.74) is 5.29. The van der Waals surface area contributed by atoms with Crippen molar-refractivity contribution in [1.29, 1.82) is 0 Å². The van der Waals surface area contributed by atoms with Crippen molar-refractivity contribution >= 4 is 57.0 Å². The van der Waals surface area contributed by atoms with Gasteiger partial charge >= 0.3 is 6.01 Å². The minimum absolute atomic E-state index is 0.0112. The highest BCUT2D eigenvalue weighted by atomic mass is 19.1. The minimum Gasteiger partial charge on any atom is -0.508 e. The predicted molar refractivity (Wildman–Crippen MR) is 283 cm³/mol. The van der Waals surface area contributed by atoms with Crippen molar-refractivity contribution in [3.8, 4) is 35.2 Å². The third-order valence-electron chi connectivity index (χ3n) is 18.2. The van der Waals surface area contributed by atoms with Crippen LogP contribution in [0.2, 0.25) is 0 Å². The first-order chi connectivity index (χ1) is 35.9. The molecule has 2 bridgehead atoms. The van der Waals surface area contributed by atoms with Crippen molar-refractivity contribution < 1.29 is 28.6 Å². The molecular formula is C59H64FN9O5. The topological polar surface area (TPSA) is 147 Å². The first kappa shape index (κ1) is 47.1. The van der Waals surface area contributed by atoms with Gasteiger partial charge in [-0.2, -0.15) is 9.97 Å². The van der Waals surface area contributed by atoms with Crippen molar-refractivity contribution in [3.63, 3.8) is 0 Å². The molecule has 0 radical (unpaired) electrons. The highest BCUT2D eigenvalue weighted by Crippen LogP contribution is 2.54. The number of imide groups is 1. The number of piperidine rings is 2. The lowest BCUT2D eigenvalue weighted by Gasteiger charge is -2.54. The smallest absolute Gasteiger partial charge is 0.319 e. The molecule has 1 spiro atoms. The number of ether oxygens (including phenoxy) is 1. The molecule has 2 aliphatic carbocycles. The van der Waals surface area contributed by atoms with Gasteiger partial charge in [0.25, 0.3) is 5.91 Å². The Morgan fingerprint density at radius 3 is 2.41 bits per heavy atom. The molecule has 2 unspecified atom stereocenters. The number of rotatable bonds is 12. The lowest BCUT2D eigenvalue weighted by Crippen LogP contribution is -2.53. The molecule has 13 rings (SSSR count). The molecule has 8 aliphatic rings. The van der Waals surface area contributed by atoms with Gasteiger partial charge in [-0.05, 0) is 147 Å². The summed E-state index contributed by atoms with van der Waals surface area (Å²) in [6.45, 7) is 14.7. The molecule has 2 saturated carbocycles. The van der Waals surface area contributed by atoms with Gasteiger partial charge in [-0.15, -0.1) is 6.42 Å². The second-order valence-corrected chi connectivity index (χ2v) is 23.0. The third kappa shape index (κ3) is 8.52. The van der Waals surface area contributed by atoms with Crippen LogP contribution in [-0.2, 0) is 16.1 Å². The molecule has 74 heavy (non-hydrogen) atoms. The van der Waals surface area contributed by atoms with Gasteiger partial charge in [0.05, 0.1) is 6.61 Å². The summed E-state index contributed by atoms with van der Waals surface area (Å²) in [6, 6.07) is 17.0. The fourth-order valence-corrected chi connectivity index (χ4v) is 14.1. The number of terminal acetylenes is 1. The number of anilines is 2. The average Bonchev–Trinajstić information content (AvgIpc) is 3.99. The number of fused-ring (bicyclic) bond motifs is 5. The number of phenols is 1. The molecular weight excluding hydrogens is 934 g/mol. The van der Waals surface area contributed by atoms with E-state index in [1.54, 1.807) is 23.1 Å². The molecule has 3 amide bonds. The van der Waals surface area contributed by atoms with Crippen LogP contribution in [0.25, 0.3) is 38.9 Å². The van der Waals surface area contributed by atoms with Crippen molar-refractivity contribution in [3.05, 3.63) is 89.2 Å². The Balaban J connectivity index is 0.637. The number of hydrogen-bond donors (Lipinski definition) is 3. The maximum atomic E-state index is 17.6. The Labute approximate surface area is 431 Å². The van der Waals surface area contributed by atoms with Crippen LogP contribution < -0.4 is 25.2 Å². The molecule has 7 fully saturated rings. The summed E-state index contributed by atoms with van der Waals surface area (Å²) in [7, 11) is 0. The van der Waals surface area contributed by atoms with Gasteiger partial charge in [-0.25, -0.2) is 4.39 Å². The van der Waals surface area contributed by atoms with Crippen LogP contribution in [0.15, 0.2) is 61.2 Å². The number of carbonyl (C=O) groups is 3. The van der Waals surface area contributed by atoms with E-state index in [1.807, 2.05) is 36.4 Å². The van der Waals surface area contributed by atoms with Crippen LogP contribution in [0.3, 0.4) is 0 Å². The highest BCUT2D eigenvalue weighted by Gasteiger charge is 2.50. The summed E-state index contributed by atoms with van der Waals surface area (Å²) < 4.78 is 24.2. The second kappa shape index (κ2) is 18.4. The van der Waals surface area contributed by atoms with Crippen LogP contribution in [0.1, 0.15) is 91.3 Å². The van der Waals surface area contributed by atoms with E-state index in [0.29, 0.717) is 81.3 Å². The van der Waals surface area contributed by atoms with Gasteiger partial charge in [-0.1, -0.05) is 30.7 Å². The fraction of sp³-hybridized carbons (Fsp3) is 0.475. The lowest BCUT2D eigenvalue weighted by atomic mass is 9.57. The van der Waals surface area contributed by atoms with E-state index in [9.17, 15) is 19.5 Å². The molecule has 6 aliphatic heterocycles. The molecule has 14 nitrogen and oxygen atoms in total. The molecule has 5 aromatic rings. The van der Waals surface area contributed by atoms with Gasteiger partial charge in [-0.3, -0.25) is 24.6 Å². The van der Waals surface area contributed by atoms with Crippen LogP contribution in [0.4, 0.5) is 15.9 Å². The number of amides is 3. The number of halogens is 1. The Morgan fingerprint density at radius 2 is 1.68 bits per heavy atom. The molecule has 5 saturated heterocycles. The Kier molecular flexibility index (Phi) is 11.7. The molecule has 3 atom stereocenters. The molecule has 15 heteroatoms. The zero-order chi connectivity index (χ0) is 50.5. The molecule has 7 heterocycles. The van der Waals surface area contributed by atoms with Crippen molar-refractivity contribution in [1.82, 2.24) is 35.3 Å². The van der Waals surface area contributed by atoms with E-state index in [2.05, 4.69) is 48.8 Å². The minimum atomic E-state index is -0.603. The summed E-state index contributed by atoms with van der Waals surface area (Å²) >= 11 is 0. The van der Waals surface area contributed by atoms with Gasteiger partial charge in [0.1, 0.15) is 23.1 Å². The van der Waals surface area contributed by atoms with E-state index >= 15 is 4.39 Å². The summed E-state index contributed by atoms with van der Waals surface area (Å²) in [5.74, 6) is 2.87. The van der Waals surface area contributed by atoms with E-state index in [-0.39, 0.29) is 52.4 Å². The standard InChI is InChI=1S/C59H64FN9O5/c1-3-37-6-5-7-39-25-44(70)27-46(50(37)39)51-38(4-2)26-47-53(52(51)60)63-57(64-54(47)68-32-41-8-9-42(33-68)61-41)74-35-59(14-15-59)34-66-18-16-58(17-19-66)28-36(29-58)30-65-20-22-67(23-21-65)43-10-11-45-40(24-43)31-69(56(45)73)48-12-13-49(71)62-55(48)72/h1,4-7,10-11,24-27,36,41-42,48,61,70H,2,8-9,12-23,28-35H2,(H,62,71,72)/t41?,42?,48-/m0/s1. The number of aromatic nitrogens is 2. The Bertz CT molecular complexity index is 3170. The fourth-order valence-electron chi connectivity index (χ4n) is 14.1. The molecule has 382 valence electrons. The largest absolute Gasteiger partial charge is 0.508 e. The quantitative estimate of drug-likeness (QED) is 0.0867. The lowest BCUT2D eigenvalue weighted by molar-refractivity contribution is -0.136. The Hall–Kier alpha value is -6.60. The summed E-state index contributed by atoms with van der Waals surface area (Å²) in [4.78, 5) is 59.1. The van der Waals surface area contributed by atoms with Crippen molar-refractivity contribution in [2.45, 2.75) is 88.9 Å². The van der Waals surface area contributed by atoms with E-state index in [1.165, 1.54) is 25.7 Å². The van der Waals surface area contributed by atoms with Gasteiger partial charge in [0.15, 0.2) is 5.82 Å². The normalized spacial score (nSPS) is 24.6. The monoisotopic (exact) mass is 998 g/mol. The van der Waals surface area contributed by atoms with Crippen LogP contribution in [-0.4, -0.2) is 138 Å². The van der Waals surface area contributed by atoms with Gasteiger partial charge in [0.2, 0.25) is 11.8 Å². The van der Waals surface area contributed by atoms with E-state index < -0.39 is 11.9 Å². The first-order valence-electron chi connectivity index (χ1n) is 26.9. The zero-order valence-corrected chi connectivity index (χ0v) is 42.0. The van der Waals surface area contributed by atoms with Crippen LogP contribution in [0, 0.1) is 34.9 Å². The van der Waals surface area contributed by atoms with Crippen LogP contribution in [0.5, 0.6) is 11.8 Å². The third-order valence-corrected chi connectivity index (χ3v) is 18.2. The highest BCUT2D eigenvalue weighted by molar-refractivity contribution is 6.07. The Morgan fingerprint density at radius 1 is 0.892 bits per heavy atom. The first-order valence-corrected chi connectivity index (χ1v) is 26.9. The maximum absolute atomic E-state index is 17.6. The maximum Gasteiger partial charge on any atom is 0.319 e. The number of nitrogens with zero attached hydrogens (tertiary/aromatic N) is 7. The van der Waals surface area contributed by atoms with E-state index in [0.717, 1.165) is 108 Å².